The van der Waals surface area contributed by atoms with Gasteiger partial charge < -0.3 is 4.74 Å². The van der Waals surface area contributed by atoms with E-state index in [0.29, 0.717) is 0 Å². The van der Waals surface area contributed by atoms with Crippen LogP contribution in [0.3, 0.4) is 0 Å². The molecule has 1 heterocycles. The summed E-state index contributed by atoms with van der Waals surface area (Å²) in [5.41, 5.74) is 3.75. The largest absolute Gasteiger partial charge is 0.497 e. The van der Waals surface area contributed by atoms with Crippen molar-refractivity contribution in [2.75, 3.05) is 7.11 Å². The predicted octanol–water partition coefficient (Wildman–Crippen LogP) is 7.01. The maximum atomic E-state index is 5.29. The van der Waals surface area contributed by atoms with Crippen molar-refractivity contribution in [2.24, 2.45) is 0 Å². The van der Waals surface area contributed by atoms with Crippen LogP contribution < -0.4 is 4.74 Å². The molecule has 0 spiro atoms. The van der Waals surface area contributed by atoms with E-state index in [1.807, 2.05) is 23.5 Å². The summed E-state index contributed by atoms with van der Waals surface area (Å²) < 4.78 is 7.69. The summed E-state index contributed by atoms with van der Waals surface area (Å²) in [6.07, 6.45) is 0. The van der Waals surface area contributed by atoms with Gasteiger partial charge in [0.25, 0.3) is 0 Å². The molecule has 0 N–H and O–H groups in total. The number of ether oxygens (including phenoxy) is 1. The van der Waals surface area contributed by atoms with Crippen LogP contribution in [0.5, 0.6) is 5.75 Å². The number of methoxy groups -OCH3 is 1. The zero-order chi connectivity index (χ0) is 16.5. The van der Waals surface area contributed by atoms with Crippen molar-refractivity contribution in [2.45, 2.75) is 0 Å². The van der Waals surface area contributed by atoms with Gasteiger partial charge in [0.05, 0.1) is 7.11 Å². The first-order valence-electron chi connectivity index (χ1n) is 7.68. The van der Waals surface area contributed by atoms with Crippen LogP contribution in [0.15, 0.2) is 77.3 Å². The molecule has 0 unspecified atom stereocenters. The van der Waals surface area contributed by atoms with E-state index in [2.05, 4.69) is 76.6 Å². The van der Waals surface area contributed by atoms with Crippen molar-refractivity contribution in [3.63, 3.8) is 0 Å². The zero-order valence-corrected chi connectivity index (χ0v) is 15.5. The lowest BCUT2D eigenvalue weighted by Gasteiger charge is -2.07. The molecule has 0 amide bonds. The first-order valence-corrected chi connectivity index (χ1v) is 9.29. The molecule has 1 aromatic heterocycles. The Balaban J connectivity index is 1.97. The molecule has 0 aliphatic carbocycles. The van der Waals surface area contributed by atoms with E-state index in [1.165, 1.54) is 31.7 Å². The monoisotopic (exact) mass is 394 g/mol. The highest BCUT2D eigenvalue weighted by Crippen LogP contribution is 2.45. The summed E-state index contributed by atoms with van der Waals surface area (Å²) in [6.45, 7) is 0. The molecule has 0 atom stereocenters. The normalized spacial score (nSPS) is 10.9. The Morgan fingerprint density at radius 3 is 2.17 bits per heavy atom. The Morgan fingerprint density at radius 2 is 1.46 bits per heavy atom. The molecule has 4 aromatic rings. The minimum atomic E-state index is 0.880. The molecular weight excluding hydrogens is 380 g/mol. The molecule has 0 bridgehead atoms. The molecule has 0 saturated heterocycles. The molecule has 0 aliphatic heterocycles. The summed E-state index contributed by atoms with van der Waals surface area (Å²) in [6, 6.07) is 25.4. The van der Waals surface area contributed by atoms with Crippen LogP contribution in [0.1, 0.15) is 0 Å². The third-order valence-electron chi connectivity index (χ3n) is 4.08. The molecule has 4 rings (SSSR count). The van der Waals surface area contributed by atoms with Gasteiger partial charge in [0, 0.05) is 25.0 Å². The van der Waals surface area contributed by atoms with E-state index in [-0.39, 0.29) is 0 Å². The van der Waals surface area contributed by atoms with Crippen LogP contribution in [0.25, 0.3) is 31.7 Å². The molecule has 118 valence electrons. The smallest absolute Gasteiger partial charge is 0.118 e. The Kier molecular flexibility index (Phi) is 4.13. The van der Waals surface area contributed by atoms with Crippen LogP contribution in [0.2, 0.25) is 0 Å². The third kappa shape index (κ3) is 2.74. The second-order valence-electron chi connectivity index (χ2n) is 5.54. The standard InChI is InChI=1S/C21H15BrOS/c1-23-17-12-8-15(9-13-17)21-20(14-6-10-16(22)11-7-14)18-4-2-3-5-19(18)24-21/h2-13H,1H3. The zero-order valence-electron chi connectivity index (χ0n) is 13.1. The minimum absolute atomic E-state index is 0.880. The highest BCUT2D eigenvalue weighted by molar-refractivity contribution is 9.10. The fraction of sp³-hybridized carbons (Fsp3) is 0.0476. The summed E-state index contributed by atoms with van der Waals surface area (Å²) in [4.78, 5) is 1.29. The van der Waals surface area contributed by atoms with Gasteiger partial charge in [0.2, 0.25) is 0 Å². The van der Waals surface area contributed by atoms with E-state index in [1.54, 1.807) is 7.11 Å². The van der Waals surface area contributed by atoms with Crippen molar-refractivity contribution in [3.8, 4) is 27.3 Å². The maximum absolute atomic E-state index is 5.29. The van der Waals surface area contributed by atoms with E-state index >= 15 is 0 Å². The predicted molar refractivity (Wildman–Crippen MR) is 107 cm³/mol. The van der Waals surface area contributed by atoms with Crippen molar-refractivity contribution in [3.05, 3.63) is 77.3 Å². The molecule has 0 radical (unpaired) electrons. The molecule has 1 nitrogen and oxygen atoms in total. The quantitative estimate of drug-likeness (QED) is 0.363. The van der Waals surface area contributed by atoms with Crippen LogP contribution in [-0.2, 0) is 0 Å². The van der Waals surface area contributed by atoms with Crippen molar-refractivity contribution >= 4 is 37.4 Å². The lowest BCUT2D eigenvalue weighted by Crippen LogP contribution is -1.83. The van der Waals surface area contributed by atoms with Gasteiger partial charge in [0.1, 0.15) is 5.75 Å². The van der Waals surface area contributed by atoms with Gasteiger partial charge >= 0.3 is 0 Å². The molecule has 0 aliphatic rings. The summed E-state index contributed by atoms with van der Waals surface area (Å²) in [5, 5.41) is 1.30. The molecule has 24 heavy (non-hydrogen) atoms. The number of hydrogen-bond donors (Lipinski definition) is 0. The van der Waals surface area contributed by atoms with Gasteiger partial charge in [-0.25, -0.2) is 0 Å². The van der Waals surface area contributed by atoms with E-state index in [0.717, 1.165) is 10.2 Å². The highest BCUT2D eigenvalue weighted by atomic mass is 79.9. The molecule has 3 aromatic carbocycles. The summed E-state index contributed by atoms with van der Waals surface area (Å²) in [5.74, 6) is 0.880. The van der Waals surface area contributed by atoms with Gasteiger partial charge in [-0.15, -0.1) is 11.3 Å². The number of hydrogen-bond acceptors (Lipinski definition) is 2. The van der Waals surface area contributed by atoms with E-state index < -0.39 is 0 Å². The average Bonchev–Trinajstić information content (AvgIpc) is 3.02. The van der Waals surface area contributed by atoms with Crippen molar-refractivity contribution in [1.82, 2.24) is 0 Å². The summed E-state index contributed by atoms with van der Waals surface area (Å²) >= 11 is 5.36. The van der Waals surface area contributed by atoms with Gasteiger partial charge in [-0.05, 0) is 53.6 Å². The Morgan fingerprint density at radius 1 is 0.792 bits per heavy atom. The molecule has 0 fully saturated rings. The lowest BCUT2D eigenvalue weighted by molar-refractivity contribution is 0.415. The van der Waals surface area contributed by atoms with Gasteiger partial charge in [0.15, 0.2) is 0 Å². The van der Waals surface area contributed by atoms with Crippen LogP contribution >= 0.6 is 27.3 Å². The van der Waals surface area contributed by atoms with Crippen LogP contribution in [0.4, 0.5) is 0 Å². The number of rotatable bonds is 3. The van der Waals surface area contributed by atoms with Crippen molar-refractivity contribution in [1.29, 1.82) is 0 Å². The first-order chi connectivity index (χ1) is 11.8. The van der Waals surface area contributed by atoms with Crippen molar-refractivity contribution < 1.29 is 4.74 Å². The van der Waals surface area contributed by atoms with Gasteiger partial charge in [-0.2, -0.15) is 0 Å². The maximum Gasteiger partial charge on any atom is 0.118 e. The van der Waals surface area contributed by atoms with E-state index in [9.17, 15) is 0 Å². The number of halogens is 1. The second kappa shape index (κ2) is 6.42. The van der Waals surface area contributed by atoms with Crippen LogP contribution in [0, 0.1) is 0 Å². The fourth-order valence-electron chi connectivity index (χ4n) is 2.89. The lowest BCUT2D eigenvalue weighted by atomic mass is 9.99. The first kappa shape index (κ1) is 15.4. The Labute approximate surface area is 153 Å². The number of fused-ring (bicyclic) bond motifs is 1. The van der Waals surface area contributed by atoms with Crippen LogP contribution in [-0.4, -0.2) is 7.11 Å². The van der Waals surface area contributed by atoms with Gasteiger partial charge in [-0.3, -0.25) is 0 Å². The third-order valence-corrected chi connectivity index (χ3v) is 5.83. The summed E-state index contributed by atoms with van der Waals surface area (Å²) in [7, 11) is 1.70. The number of benzene rings is 3. The number of thiophene rings is 1. The fourth-order valence-corrected chi connectivity index (χ4v) is 4.39. The Hall–Kier alpha value is -2.10. The molecule has 3 heteroatoms. The average molecular weight is 395 g/mol. The highest BCUT2D eigenvalue weighted by Gasteiger charge is 2.15. The van der Waals surface area contributed by atoms with E-state index in [4.69, 9.17) is 4.74 Å². The second-order valence-corrected chi connectivity index (χ2v) is 7.51. The topological polar surface area (TPSA) is 9.23 Å². The Bertz CT molecular complexity index is 985. The SMILES string of the molecule is COc1ccc(-c2sc3ccccc3c2-c2ccc(Br)cc2)cc1. The molecule has 0 saturated carbocycles. The molecular formula is C21H15BrOS. The van der Waals surface area contributed by atoms with Gasteiger partial charge in [-0.1, -0.05) is 46.3 Å². The minimum Gasteiger partial charge on any atom is -0.497 e.